The molecule has 3 rings (SSSR count). The molecule has 1 atom stereocenters. The molecule has 2 heterocycles. The number of aromatic nitrogens is 1. The lowest BCUT2D eigenvalue weighted by Crippen LogP contribution is -2.38. The van der Waals surface area contributed by atoms with Crippen LogP contribution in [-0.4, -0.2) is 22.3 Å². The molecule has 0 radical (unpaired) electrons. The van der Waals surface area contributed by atoms with Crippen molar-refractivity contribution >= 4 is 5.91 Å². The van der Waals surface area contributed by atoms with E-state index in [1.165, 1.54) is 5.56 Å². The Morgan fingerprint density at radius 2 is 2.00 bits per heavy atom. The zero-order valence-corrected chi connectivity index (χ0v) is 12.3. The maximum absolute atomic E-state index is 12.8. The zero-order valence-electron chi connectivity index (χ0n) is 12.3. The molecule has 1 aliphatic heterocycles. The van der Waals surface area contributed by atoms with Gasteiger partial charge in [-0.25, -0.2) is 0 Å². The van der Waals surface area contributed by atoms with E-state index in [-0.39, 0.29) is 11.9 Å². The molecule has 1 unspecified atom stereocenters. The zero-order chi connectivity index (χ0) is 14.7. The van der Waals surface area contributed by atoms with Gasteiger partial charge in [-0.3, -0.25) is 9.78 Å². The van der Waals surface area contributed by atoms with E-state index in [1.807, 2.05) is 48.4 Å². The van der Waals surface area contributed by atoms with Crippen molar-refractivity contribution in [2.24, 2.45) is 0 Å². The molecule has 2 aromatic rings. The number of hydrogen-bond donors (Lipinski definition) is 0. The summed E-state index contributed by atoms with van der Waals surface area (Å²) < 4.78 is 0. The van der Waals surface area contributed by atoms with Crippen molar-refractivity contribution in [3.05, 3.63) is 65.5 Å². The lowest BCUT2D eigenvalue weighted by Gasteiger charge is -2.36. The van der Waals surface area contributed by atoms with E-state index < -0.39 is 0 Å². The Morgan fingerprint density at radius 1 is 1.19 bits per heavy atom. The van der Waals surface area contributed by atoms with E-state index >= 15 is 0 Å². The topological polar surface area (TPSA) is 33.2 Å². The third-order valence-electron chi connectivity index (χ3n) is 4.13. The minimum absolute atomic E-state index is 0.128. The van der Waals surface area contributed by atoms with Gasteiger partial charge in [-0.1, -0.05) is 23.8 Å². The summed E-state index contributed by atoms with van der Waals surface area (Å²) in [5.74, 6) is 0.128. The van der Waals surface area contributed by atoms with E-state index in [9.17, 15) is 4.79 Å². The first-order valence-corrected chi connectivity index (χ1v) is 7.53. The van der Waals surface area contributed by atoms with E-state index in [0.29, 0.717) is 0 Å². The molecular formula is C18H20N2O. The Kier molecular flexibility index (Phi) is 4.00. The Bertz CT molecular complexity index is 607. The summed E-state index contributed by atoms with van der Waals surface area (Å²) in [6, 6.07) is 12.0. The van der Waals surface area contributed by atoms with Gasteiger partial charge in [-0.05, 0) is 49.9 Å². The van der Waals surface area contributed by atoms with Crippen molar-refractivity contribution in [3.8, 4) is 0 Å². The van der Waals surface area contributed by atoms with Crippen LogP contribution >= 0.6 is 0 Å². The third-order valence-corrected chi connectivity index (χ3v) is 4.13. The van der Waals surface area contributed by atoms with Crippen LogP contribution < -0.4 is 0 Å². The molecule has 0 N–H and O–H groups in total. The second-order valence-corrected chi connectivity index (χ2v) is 5.66. The molecule has 1 aromatic carbocycles. The maximum Gasteiger partial charge on any atom is 0.254 e. The molecule has 21 heavy (non-hydrogen) atoms. The monoisotopic (exact) mass is 280 g/mol. The molecule has 0 bridgehead atoms. The number of likely N-dealkylation sites (tertiary alicyclic amines) is 1. The van der Waals surface area contributed by atoms with Crippen molar-refractivity contribution in [1.82, 2.24) is 9.88 Å². The highest BCUT2D eigenvalue weighted by Crippen LogP contribution is 2.31. The predicted octanol–water partition coefficient (Wildman–Crippen LogP) is 3.76. The highest BCUT2D eigenvalue weighted by atomic mass is 16.2. The first-order valence-electron chi connectivity index (χ1n) is 7.53. The largest absolute Gasteiger partial charge is 0.332 e. The summed E-state index contributed by atoms with van der Waals surface area (Å²) in [5.41, 5.74) is 3.09. The minimum atomic E-state index is 0.128. The Balaban J connectivity index is 1.87. The van der Waals surface area contributed by atoms with Crippen LogP contribution in [0.4, 0.5) is 0 Å². The van der Waals surface area contributed by atoms with Crippen LogP contribution in [0.25, 0.3) is 0 Å². The number of aryl methyl sites for hydroxylation is 1. The standard InChI is InChI=1S/C18H20N2O/c1-14-7-9-15(10-8-14)18(21)20-12-3-2-6-17(20)16-5-4-11-19-13-16/h4-5,7-11,13,17H,2-3,6,12H2,1H3. The molecule has 1 fully saturated rings. The van der Waals surface area contributed by atoms with Crippen molar-refractivity contribution in [3.63, 3.8) is 0 Å². The number of benzene rings is 1. The summed E-state index contributed by atoms with van der Waals surface area (Å²) in [4.78, 5) is 19.0. The Morgan fingerprint density at radius 3 is 2.71 bits per heavy atom. The van der Waals surface area contributed by atoms with Crippen LogP contribution in [0.5, 0.6) is 0 Å². The average Bonchev–Trinajstić information content (AvgIpc) is 2.56. The quantitative estimate of drug-likeness (QED) is 0.839. The molecule has 0 saturated carbocycles. The van der Waals surface area contributed by atoms with Gasteiger partial charge in [0.25, 0.3) is 5.91 Å². The summed E-state index contributed by atoms with van der Waals surface area (Å²) in [6.45, 7) is 2.86. The molecule has 1 saturated heterocycles. The predicted molar refractivity (Wildman–Crippen MR) is 83.0 cm³/mol. The van der Waals surface area contributed by atoms with Crippen LogP contribution in [0.2, 0.25) is 0 Å². The number of carbonyl (C=O) groups is 1. The van der Waals surface area contributed by atoms with Gasteiger partial charge >= 0.3 is 0 Å². The Hall–Kier alpha value is -2.16. The van der Waals surface area contributed by atoms with E-state index in [0.717, 1.165) is 36.9 Å². The van der Waals surface area contributed by atoms with Crippen LogP contribution in [0.15, 0.2) is 48.8 Å². The maximum atomic E-state index is 12.8. The van der Waals surface area contributed by atoms with E-state index in [4.69, 9.17) is 0 Å². The highest BCUT2D eigenvalue weighted by Gasteiger charge is 2.28. The second-order valence-electron chi connectivity index (χ2n) is 5.66. The molecule has 0 spiro atoms. The molecule has 108 valence electrons. The molecular weight excluding hydrogens is 260 g/mol. The van der Waals surface area contributed by atoms with Crippen LogP contribution in [0.1, 0.15) is 46.8 Å². The summed E-state index contributed by atoms with van der Waals surface area (Å²) in [6.07, 6.45) is 6.92. The van der Waals surface area contributed by atoms with Gasteiger partial charge in [0.05, 0.1) is 6.04 Å². The Labute approximate surface area is 125 Å². The van der Waals surface area contributed by atoms with Crippen LogP contribution in [0, 0.1) is 6.92 Å². The number of pyridine rings is 1. The molecule has 1 aliphatic rings. The van der Waals surface area contributed by atoms with Gasteiger partial charge in [0.1, 0.15) is 0 Å². The smallest absolute Gasteiger partial charge is 0.254 e. The van der Waals surface area contributed by atoms with Crippen molar-refractivity contribution < 1.29 is 4.79 Å². The molecule has 0 aliphatic carbocycles. The van der Waals surface area contributed by atoms with Crippen LogP contribution in [0.3, 0.4) is 0 Å². The lowest BCUT2D eigenvalue weighted by atomic mass is 9.95. The molecule has 1 aromatic heterocycles. The summed E-state index contributed by atoms with van der Waals surface area (Å²) >= 11 is 0. The average molecular weight is 280 g/mol. The fourth-order valence-corrected chi connectivity index (χ4v) is 2.96. The highest BCUT2D eigenvalue weighted by molar-refractivity contribution is 5.94. The van der Waals surface area contributed by atoms with E-state index in [2.05, 4.69) is 11.1 Å². The molecule has 3 heteroatoms. The number of nitrogens with zero attached hydrogens (tertiary/aromatic N) is 2. The van der Waals surface area contributed by atoms with Gasteiger partial charge in [0, 0.05) is 24.5 Å². The normalized spacial score (nSPS) is 18.5. The van der Waals surface area contributed by atoms with Crippen molar-refractivity contribution in [2.45, 2.75) is 32.2 Å². The van der Waals surface area contributed by atoms with Crippen molar-refractivity contribution in [2.75, 3.05) is 6.54 Å². The summed E-state index contributed by atoms with van der Waals surface area (Å²) in [5, 5.41) is 0. The first-order chi connectivity index (χ1) is 10.3. The second kappa shape index (κ2) is 6.08. The van der Waals surface area contributed by atoms with Crippen LogP contribution in [-0.2, 0) is 0 Å². The van der Waals surface area contributed by atoms with Gasteiger partial charge in [0.15, 0.2) is 0 Å². The lowest BCUT2D eigenvalue weighted by molar-refractivity contribution is 0.0611. The number of amides is 1. The van der Waals surface area contributed by atoms with Gasteiger partial charge in [0.2, 0.25) is 0 Å². The fourth-order valence-electron chi connectivity index (χ4n) is 2.96. The van der Waals surface area contributed by atoms with Gasteiger partial charge in [-0.15, -0.1) is 0 Å². The van der Waals surface area contributed by atoms with E-state index in [1.54, 1.807) is 6.20 Å². The third kappa shape index (κ3) is 2.97. The molecule has 1 amide bonds. The molecule has 3 nitrogen and oxygen atoms in total. The van der Waals surface area contributed by atoms with Gasteiger partial charge < -0.3 is 4.90 Å². The number of hydrogen-bond acceptors (Lipinski definition) is 2. The SMILES string of the molecule is Cc1ccc(C(=O)N2CCCCC2c2cccnc2)cc1. The fraction of sp³-hybridized carbons (Fsp3) is 0.333. The number of carbonyl (C=O) groups excluding carboxylic acids is 1. The minimum Gasteiger partial charge on any atom is -0.332 e. The number of rotatable bonds is 2. The van der Waals surface area contributed by atoms with Crippen molar-refractivity contribution in [1.29, 1.82) is 0 Å². The van der Waals surface area contributed by atoms with Gasteiger partial charge in [-0.2, -0.15) is 0 Å². The summed E-state index contributed by atoms with van der Waals surface area (Å²) in [7, 11) is 0. The first kappa shape index (κ1) is 13.8. The number of piperidine rings is 1.